The molecule has 282 valence electrons. The second-order valence-electron chi connectivity index (χ2n) is 15.1. The van der Waals surface area contributed by atoms with Gasteiger partial charge in [0.15, 0.2) is 0 Å². The van der Waals surface area contributed by atoms with Gasteiger partial charge in [-0.3, -0.25) is 9.59 Å². The zero-order valence-electron chi connectivity index (χ0n) is 32.7. The monoisotopic (exact) mass is 720 g/mol. The second kappa shape index (κ2) is 16.5. The number of methoxy groups -OCH3 is 1. The Hall–Kier alpha value is -4.70. The summed E-state index contributed by atoms with van der Waals surface area (Å²) in [6.45, 7) is 16.8. The highest BCUT2D eigenvalue weighted by Crippen LogP contribution is 2.42. The van der Waals surface area contributed by atoms with E-state index in [0.29, 0.717) is 45.1 Å². The number of carbonyl (C=O) groups is 2. The zero-order chi connectivity index (χ0) is 37.8. The number of aromatic amines is 2. The molecule has 1 aliphatic heterocycles. The summed E-state index contributed by atoms with van der Waals surface area (Å²) in [4.78, 5) is 47.1. The molecule has 0 saturated carbocycles. The maximum Gasteiger partial charge on any atom is 0.223 e. The quantitative estimate of drug-likeness (QED) is 0.105. The first kappa shape index (κ1) is 38.0. The minimum Gasteiger partial charge on any atom is -0.488 e. The van der Waals surface area contributed by atoms with Crippen LogP contribution >= 0.6 is 0 Å². The Morgan fingerprint density at radius 1 is 0.925 bits per heavy atom. The number of aromatic nitrogens is 4. The molecule has 3 heterocycles. The number of fused-ring (bicyclic) bond motifs is 6. The van der Waals surface area contributed by atoms with Crippen molar-refractivity contribution in [1.29, 1.82) is 0 Å². The third-order valence-corrected chi connectivity index (χ3v) is 10.9. The normalized spacial score (nSPS) is 14.6. The van der Waals surface area contributed by atoms with Gasteiger partial charge in [0.1, 0.15) is 24.0 Å². The van der Waals surface area contributed by atoms with E-state index < -0.39 is 0 Å². The number of nitrogens with zero attached hydrogens (tertiary/aromatic N) is 4. The highest BCUT2D eigenvalue weighted by Gasteiger charge is 2.28. The molecule has 53 heavy (non-hydrogen) atoms. The number of nitrogens with one attached hydrogen (secondary N) is 2. The van der Waals surface area contributed by atoms with Crippen LogP contribution in [-0.2, 0) is 27.5 Å². The average Bonchev–Trinajstić information content (AvgIpc) is 3.82. The predicted octanol–water partition coefficient (Wildman–Crippen LogP) is 9.20. The van der Waals surface area contributed by atoms with Crippen molar-refractivity contribution in [2.45, 2.75) is 106 Å². The molecule has 10 nitrogen and oxygen atoms in total. The van der Waals surface area contributed by atoms with Gasteiger partial charge in [-0.15, -0.1) is 0 Å². The first-order valence-corrected chi connectivity index (χ1v) is 19.4. The maximum atomic E-state index is 13.6. The number of hydrogen-bond donors (Lipinski definition) is 2. The number of ether oxygens (including phenoxy) is 2. The Morgan fingerprint density at radius 2 is 1.74 bits per heavy atom. The van der Waals surface area contributed by atoms with Crippen molar-refractivity contribution in [1.82, 2.24) is 29.7 Å². The van der Waals surface area contributed by atoms with Crippen LogP contribution in [0.2, 0.25) is 0 Å². The van der Waals surface area contributed by atoms with Crippen LogP contribution < -0.4 is 4.74 Å². The lowest BCUT2D eigenvalue weighted by molar-refractivity contribution is -0.135. The molecule has 2 amide bonds. The molecule has 0 spiro atoms. The number of benzene rings is 3. The van der Waals surface area contributed by atoms with E-state index in [1.807, 2.05) is 22.9 Å². The molecular weight excluding hydrogens is 665 g/mol. The molecule has 0 radical (unpaired) electrons. The number of hydrogen-bond acceptors (Lipinski definition) is 6. The van der Waals surface area contributed by atoms with Crippen LogP contribution in [-0.4, -0.2) is 67.9 Å². The summed E-state index contributed by atoms with van der Waals surface area (Å²) in [5.41, 5.74) is 7.04. The zero-order valence-corrected chi connectivity index (χ0v) is 32.7. The molecule has 1 aliphatic rings. The SMILES string of the molecule is CCCC(=O)N(Cc1ncc(-c2ccc3c(c2)COc2cc4c(ccc5nc([C@H](C)N(C[C@H](C)COC)C(=O)C[C@@H](C)CC)[nH]c54)cc2-3)[nH]1)[C@@H](C)CC. The van der Waals surface area contributed by atoms with Crippen LogP contribution in [0.5, 0.6) is 5.75 Å². The average molecular weight is 721 g/mol. The summed E-state index contributed by atoms with van der Waals surface area (Å²) in [7, 11) is 1.70. The van der Waals surface area contributed by atoms with Gasteiger partial charge in [-0.2, -0.15) is 0 Å². The molecule has 3 aromatic carbocycles. The molecule has 2 N–H and O–H groups in total. The van der Waals surface area contributed by atoms with E-state index >= 15 is 0 Å². The highest BCUT2D eigenvalue weighted by atomic mass is 16.5. The van der Waals surface area contributed by atoms with E-state index in [1.165, 1.54) is 0 Å². The molecular formula is C43H56N6O4. The Kier molecular flexibility index (Phi) is 11.9. The van der Waals surface area contributed by atoms with Gasteiger partial charge in [-0.1, -0.05) is 59.2 Å². The maximum absolute atomic E-state index is 13.6. The van der Waals surface area contributed by atoms with E-state index in [1.54, 1.807) is 7.11 Å². The van der Waals surface area contributed by atoms with Gasteiger partial charge in [-0.05, 0) is 84.9 Å². The Bertz CT molecular complexity index is 2070. The standard InChI is InChI=1S/C43H56N6O4/c1-9-12-40(50)48(28(6)11-3)23-39-44-21-37(45-39)31-13-15-33-32(18-31)25-53-38-20-34-30(19-35(33)38)14-16-36-42(34)47-43(46-36)29(7)49(22-27(5)24-52-8)41(51)17-26(4)10-2/h13-16,18-21,26-29H,9-12,17,22-25H2,1-8H3,(H,44,45)(H,46,47)/t26-,27-,28-,29-/m0/s1. The Balaban J connectivity index is 1.27. The number of H-pyrrole nitrogens is 2. The Morgan fingerprint density at radius 3 is 2.47 bits per heavy atom. The molecule has 0 fully saturated rings. The van der Waals surface area contributed by atoms with Gasteiger partial charge in [0.25, 0.3) is 0 Å². The lowest BCUT2D eigenvalue weighted by Gasteiger charge is -2.31. The Labute approximate surface area is 313 Å². The first-order valence-electron chi connectivity index (χ1n) is 19.4. The van der Waals surface area contributed by atoms with Crippen LogP contribution in [0.3, 0.4) is 0 Å². The third-order valence-electron chi connectivity index (χ3n) is 10.9. The fourth-order valence-corrected chi connectivity index (χ4v) is 7.35. The van der Waals surface area contributed by atoms with Crippen LogP contribution in [0.4, 0.5) is 0 Å². The fourth-order valence-electron chi connectivity index (χ4n) is 7.35. The van der Waals surface area contributed by atoms with Gasteiger partial charge in [0.05, 0.1) is 42.1 Å². The smallest absolute Gasteiger partial charge is 0.223 e. The van der Waals surface area contributed by atoms with Crippen molar-refractivity contribution in [3.05, 3.63) is 65.9 Å². The summed E-state index contributed by atoms with van der Waals surface area (Å²) in [5, 5.41) is 2.12. The van der Waals surface area contributed by atoms with Crippen molar-refractivity contribution in [2.24, 2.45) is 11.8 Å². The number of carbonyl (C=O) groups excluding carboxylic acids is 2. The second-order valence-corrected chi connectivity index (χ2v) is 15.1. The number of amides is 2. The number of rotatable bonds is 16. The minimum atomic E-state index is -0.225. The molecule has 0 bridgehead atoms. The number of imidazole rings is 2. The van der Waals surface area contributed by atoms with Crippen LogP contribution in [0.15, 0.2) is 48.7 Å². The summed E-state index contributed by atoms with van der Waals surface area (Å²) >= 11 is 0. The lowest BCUT2D eigenvalue weighted by Crippen LogP contribution is -2.39. The summed E-state index contributed by atoms with van der Waals surface area (Å²) in [5.74, 6) is 3.20. The lowest BCUT2D eigenvalue weighted by atomic mass is 9.92. The van der Waals surface area contributed by atoms with Gasteiger partial charge >= 0.3 is 0 Å². The largest absolute Gasteiger partial charge is 0.488 e. The first-order chi connectivity index (χ1) is 25.5. The van der Waals surface area contributed by atoms with Crippen molar-refractivity contribution in [3.8, 4) is 28.1 Å². The molecule has 5 aromatic rings. The fraction of sp³-hybridized carbons (Fsp3) is 0.488. The van der Waals surface area contributed by atoms with E-state index in [9.17, 15) is 9.59 Å². The van der Waals surface area contributed by atoms with E-state index in [4.69, 9.17) is 14.5 Å². The highest BCUT2D eigenvalue weighted by molar-refractivity contribution is 6.07. The summed E-state index contributed by atoms with van der Waals surface area (Å²) in [6, 6.07) is 14.9. The van der Waals surface area contributed by atoms with Gasteiger partial charge in [0.2, 0.25) is 11.8 Å². The van der Waals surface area contributed by atoms with E-state index in [2.05, 4.69) is 99.0 Å². The van der Waals surface area contributed by atoms with Crippen LogP contribution in [0, 0.1) is 11.8 Å². The van der Waals surface area contributed by atoms with Crippen molar-refractivity contribution < 1.29 is 19.1 Å². The molecule has 0 aliphatic carbocycles. The van der Waals surface area contributed by atoms with Crippen LogP contribution in [0.25, 0.3) is 44.2 Å². The van der Waals surface area contributed by atoms with Crippen molar-refractivity contribution in [3.63, 3.8) is 0 Å². The molecule has 0 saturated heterocycles. The topological polar surface area (TPSA) is 116 Å². The van der Waals surface area contributed by atoms with Gasteiger partial charge < -0.3 is 29.2 Å². The van der Waals surface area contributed by atoms with Crippen LogP contribution in [0.1, 0.15) is 104 Å². The molecule has 4 atom stereocenters. The molecule has 2 aromatic heterocycles. The molecule has 10 heteroatoms. The predicted molar refractivity (Wildman–Crippen MR) is 211 cm³/mol. The van der Waals surface area contributed by atoms with E-state index in [-0.39, 0.29) is 29.8 Å². The molecule has 0 unspecified atom stereocenters. The summed E-state index contributed by atoms with van der Waals surface area (Å²) < 4.78 is 11.8. The minimum absolute atomic E-state index is 0.143. The van der Waals surface area contributed by atoms with Crippen molar-refractivity contribution in [2.75, 3.05) is 20.3 Å². The van der Waals surface area contributed by atoms with Crippen molar-refractivity contribution >= 4 is 33.6 Å². The van der Waals surface area contributed by atoms with E-state index in [0.717, 1.165) is 86.4 Å². The summed E-state index contributed by atoms with van der Waals surface area (Å²) in [6.07, 6.45) is 5.59. The van der Waals surface area contributed by atoms with Gasteiger partial charge in [-0.25, -0.2) is 9.97 Å². The molecule has 6 rings (SSSR count). The van der Waals surface area contributed by atoms with Gasteiger partial charge in [0, 0.05) is 43.5 Å². The third kappa shape index (κ3) is 8.12.